The summed E-state index contributed by atoms with van der Waals surface area (Å²) in [6, 6.07) is 1.99. The Labute approximate surface area is 134 Å². The quantitative estimate of drug-likeness (QED) is 0.868. The molecule has 2 heterocycles. The molecule has 0 unspecified atom stereocenters. The number of pyridine rings is 1. The van der Waals surface area contributed by atoms with Crippen molar-refractivity contribution >= 4 is 21.7 Å². The van der Waals surface area contributed by atoms with Crippen LogP contribution >= 0.6 is 15.9 Å². The summed E-state index contributed by atoms with van der Waals surface area (Å²) in [7, 11) is 0. The SMILES string of the molecule is CCNc1nc(-c2ccncc2CC)nc(C(C)C)c1Br. The first-order chi connectivity index (χ1) is 10.1. The fourth-order valence-electron chi connectivity index (χ4n) is 2.18. The fraction of sp³-hybridized carbons (Fsp3) is 0.438. The molecule has 0 spiro atoms. The monoisotopic (exact) mass is 348 g/mol. The molecule has 0 aliphatic heterocycles. The van der Waals surface area contributed by atoms with Crippen LogP contribution in [0.15, 0.2) is 22.9 Å². The van der Waals surface area contributed by atoms with Crippen molar-refractivity contribution in [3.8, 4) is 11.4 Å². The Morgan fingerprint density at radius 3 is 2.62 bits per heavy atom. The first-order valence-corrected chi connectivity index (χ1v) is 8.12. The summed E-state index contributed by atoms with van der Waals surface area (Å²) in [5.41, 5.74) is 3.24. The van der Waals surface area contributed by atoms with Crippen LogP contribution in [-0.4, -0.2) is 21.5 Å². The Hall–Kier alpha value is -1.49. The van der Waals surface area contributed by atoms with E-state index in [0.717, 1.165) is 45.9 Å². The Morgan fingerprint density at radius 1 is 1.24 bits per heavy atom. The van der Waals surface area contributed by atoms with Crippen molar-refractivity contribution in [3.63, 3.8) is 0 Å². The van der Waals surface area contributed by atoms with Crippen LogP contribution < -0.4 is 5.32 Å². The van der Waals surface area contributed by atoms with Gasteiger partial charge in [-0.1, -0.05) is 20.8 Å². The van der Waals surface area contributed by atoms with Gasteiger partial charge in [0, 0.05) is 24.5 Å². The van der Waals surface area contributed by atoms with Gasteiger partial charge in [0.25, 0.3) is 0 Å². The lowest BCUT2D eigenvalue weighted by Crippen LogP contribution is -2.08. The first-order valence-electron chi connectivity index (χ1n) is 7.33. The molecule has 5 heteroatoms. The van der Waals surface area contributed by atoms with E-state index in [-0.39, 0.29) is 0 Å². The summed E-state index contributed by atoms with van der Waals surface area (Å²) in [6.07, 6.45) is 4.60. The second-order valence-corrected chi connectivity index (χ2v) is 5.96. The molecule has 2 rings (SSSR count). The third kappa shape index (κ3) is 3.40. The number of hydrogen-bond donors (Lipinski definition) is 1. The molecule has 0 aliphatic carbocycles. The number of aromatic nitrogens is 3. The summed E-state index contributed by atoms with van der Waals surface area (Å²) in [4.78, 5) is 13.6. The van der Waals surface area contributed by atoms with Crippen molar-refractivity contribution in [2.75, 3.05) is 11.9 Å². The minimum absolute atomic E-state index is 0.324. The van der Waals surface area contributed by atoms with Crippen molar-refractivity contribution in [3.05, 3.63) is 34.2 Å². The maximum absolute atomic E-state index is 4.77. The third-order valence-electron chi connectivity index (χ3n) is 3.29. The van der Waals surface area contributed by atoms with E-state index < -0.39 is 0 Å². The van der Waals surface area contributed by atoms with Gasteiger partial charge in [-0.3, -0.25) is 4.98 Å². The largest absolute Gasteiger partial charge is 0.369 e. The standard InChI is InChI=1S/C16H21BrN4/c1-5-11-9-18-8-7-12(11)15-20-14(10(3)4)13(17)16(21-15)19-6-2/h7-10H,5-6H2,1-4H3,(H,19,20,21). The van der Waals surface area contributed by atoms with Crippen LogP contribution in [0.5, 0.6) is 0 Å². The Morgan fingerprint density at radius 2 is 2.00 bits per heavy atom. The zero-order valence-corrected chi connectivity index (χ0v) is 14.5. The summed E-state index contributed by atoms with van der Waals surface area (Å²) in [5.74, 6) is 1.94. The smallest absolute Gasteiger partial charge is 0.162 e. The van der Waals surface area contributed by atoms with Gasteiger partial charge in [0.15, 0.2) is 5.82 Å². The zero-order chi connectivity index (χ0) is 15.4. The predicted octanol–water partition coefficient (Wildman–Crippen LogP) is 4.42. The molecule has 1 N–H and O–H groups in total. The van der Waals surface area contributed by atoms with Crippen molar-refractivity contribution < 1.29 is 0 Å². The van der Waals surface area contributed by atoms with Crippen LogP contribution in [0.25, 0.3) is 11.4 Å². The molecule has 0 bridgehead atoms. The second kappa shape index (κ2) is 6.98. The summed E-state index contributed by atoms with van der Waals surface area (Å²) < 4.78 is 0.954. The van der Waals surface area contributed by atoms with Crippen molar-refractivity contribution in [1.29, 1.82) is 0 Å². The van der Waals surface area contributed by atoms with Gasteiger partial charge in [0.2, 0.25) is 0 Å². The van der Waals surface area contributed by atoms with E-state index in [2.05, 4.69) is 58.9 Å². The normalized spacial score (nSPS) is 11.0. The van der Waals surface area contributed by atoms with Crippen LogP contribution in [0.3, 0.4) is 0 Å². The Kier molecular flexibility index (Phi) is 5.28. The first kappa shape index (κ1) is 15.9. The molecule has 21 heavy (non-hydrogen) atoms. The summed E-state index contributed by atoms with van der Waals surface area (Å²) in [5, 5.41) is 3.31. The number of rotatable bonds is 5. The maximum atomic E-state index is 4.77. The van der Waals surface area contributed by atoms with Crippen molar-refractivity contribution in [2.24, 2.45) is 0 Å². The number of aryl methyl sites for hydroxylation is 1. The molecule has 0 saturated carbocycles. The van der Waals surface area contributed by atoms with Crippen LogP contribution in [0.1, 0.15) is 44.9 Å². The minimum Gasteiger partial charge on any atom is -0.369 e. The molecule has 0 atom stereocenters. The van der Waals surface area contributed by atoms with E-state index >= 15 is 0 Å². The molecule has 4 nitrogen and oxygen atoms in total. The molecule has 2 aromatic rings. The average Bonchev–Trinajstić information content (AvgIpc) is 2.49. The van der Waals surface area contributed by atoms with Crippen LogP contribution in [-0.2, 0) is 6.42 Å². The number of anilines is 1. The van der Waals surface area contributed by atoms with E-state index in [1.165, 1.54) is 0 Å². The topological polar surface area (TPSA) is 50.7 Å². The van der Waals surface area contributed by atoms with E-state index in [4.69, 9.17) is 4.98 Å². The molecule has 0 saturated heterocycles. The van der Waals surface area contributed by atoms with Crippen LogP contribution in [0.2, 0.25) is 0 Å². The molecule has 0 radical (unpaired) electrons. The van der Waals surface area contributed by atoms with E-state index in [1.54, 1.807) is 6.20 Å². The lowest BCUT2D eigenvalue weighted by Gasteiger charge is -2.15. The minimum atomic E-state index is 0.324. The maximum Gasteiger partial charge on any atom is 0.162 e. The lowest BCUT2D eigenvalue weighted by atomic mass is 10.1. The molecule has 0 aromatic carbocycles. The average molecular weight is 349 g/mol. The van der Waals surface area contributed by atoms with Gasteiger partial charge in [-0.15, -0.1) is 0 Å². The van der Waals surface area contributed by atoms with Gasteiger partial charge < -0.3 is 5.32 Å². The van der Waals surface area contributed by atoms with Crippen LogP contribution in [0.4, 0.5) is 5.82 Å². The van der Waals surface area contributed by atoms with E-state index in [0.29, 0.717) is 5.92 Å². The second-order valence-electron chi connectivity index (χ2n) is 5.17. The molecule has 0 amide bonds. The molecular formula is C16H21BrN4. The van der Waals surface area contributed by atoms with E-state index in [1.807, 2.05) is 12.3 Å². The summed E-state index contributed by atoms with van der Waals surface area (Å²) in [6.45, 7) is 9.28. The highest BCUT2D eigenvalue weighted by molar-refractivity contribution is 9.10. The predicted molar refractivity (Wildman–Crippen MR) is 90.6 cm³/mol. The molecule has 2 aromatic heterocycles. The highest BCUT2D eigenvalue weighted by Gasteiger charge is 2.16. The zero-order valence-electron chi connectivity index (χ0n) is 12.9. The van der Waals surface area contributed by atoms with Crippen molar-refractivity contribution in [1.82, 2.24) is 15.0 Å². The van der Waals surface area contributed by atoms with Gasteiger partial charge in [-0.05, 0) is 46.8 Å². The van der Waals surface area contributed by atoms with Gasteiger partial charge in [0.1, 0.15) is 5.82 Å². The van der Waals surface area contributed by atoms with Gasteiger partial charge in [-0.2, -0.15) is 0 Å². The van der Waals surface area contributed by atoms with Crippen molar-refractivity contribution in [2.45, 2.75) is 40.0 Å². The van der Waals surface area contributed by atoms with Crippen LogP contribution in [0, 0.1) is 0 Å². The van der Waals surface area contributed by atoms with Gasteiger partial charge >= 0.3 is 0 Å². The fourth-order valence-corrected chi connectivity index (χ4v) is 2.95. The van der Waals surface area contributed by atoms with Gasteiger partial charge in [0.05, 0.1) is 10.2 Å². The highest BCUT2D eigenvalue weighted by atomic mass is 79.9. The Balaban J connectivity index is 2.63. The molecule has 0 aliphatic rings. The molecular weight excluding hydrogens is 328 g/mol. The summed E-state index contributed by atoms with van der Waals surface area (Å²) >= 11 is 3.63. The van der Waals surface area contributed by atoms with Gasteiger partial charge in [-0.25, -0.2) is 9.97 Å². The molecule has 0 fully saturated rings. The third-order valence-corrected chi connectivity index (χ3v) is 4.08. The number of hydrogen-bond acceptors (Lipinski definition) is 4. The van der Waals surface area contributed by atoms with E-state index in [9.17, 15) is 0 Å². The highest BCUT2D eigenvalue weighted by Crippen LogP contribution is 2.32. The Bertz CT molecular complexity index is 626. The number of halogens is 1. The lowest BCUT2D eigenvalue weighted by molar-refractivity contribution is 0.809. The number of nitrogens with one attached hydrogen (secondary N) is 1. The number of nitrogens with zero attached hydrogens (tertiary/aromatic N) is 3. The molecule has 112 valence electrons.